The smallest absolute Gasteiger partial charge is 0.292 e. The summed E-state index contributed by atoms with van der Waals surface area (Å²) in [6.45, 7) is 3.90. The molecule has 3 N–H and O–H groups in total. The fourth-order valence-corrected chi connectivity index (χ4v) is 4.18. The second kappa shape index (κ2) is 7.86. The van der Waals surface area contributed by atoms with Crippen molar-refractivity contribution in [3.63, 3.8) is 0 Å². The Balaban J connectivity index is 1.88. The van der Waals surface area contributed by atoms with E-state index in [0.29, 0.717) is 23.1 Å². The molecule has 150 valence electrons. The lowest BCUT2D eigenvalue weighted by Gasteiger charge is -2.34. The Bertz CT molecular complexity index is 1090. The van der Waals surface area contributed by atoms with Gasteiger partial charge in [0.25, 0.3) is 0 Å². The van der Waals surface area contributed by atoms with Crippen molar-refractivity contribution in [2.75, 3.05) is 4.72 Å². The summed E-state index contributed by atoms with van der Waals surface area (Å²) >= 11 is 0. The van der Waals surface area contributed by atoms with Crippen LogP contribution < -0.4 is 10.4 Å². The molecular weight excluding hydrogens is 388 g/mol. The third kappa shape index (κ3) is 4.16. The van der Waals surface area contributed by atoms with Crippen LogP contribution in [-0.2, 0) is 12.3 Å². The lowest BCUT2D eigenvalue weighted by molar-refractivity contribution is 0.480. The third-order valence-corrected chi connectivity index (χ3v) is 5.58. The molecular formula is C19H21F2N3O3S. The molecule has 0 amide bonds. The number of nitrogens with one attached hydrogen (secondary N) is 1. The minimum Gasteiger partial charge on any atom is -0.292 e. The number of aryl methyl sites for hydroxylation is 2. The summed E-state index contributed by atoms with van der Waals surface area (Å²) in [5.41, 5.74) is 0.705. The van der Waals surface area contributed by atoms with E-state index in [1.165, 1.54) is 25.3 Å². The number of fused-ring (bicyclic) bond motifs is 1. The monoisotopic (exact) mass is 409 g/mol. The molecule has 0 aliphatic rings. The van der Waals surface area contributed by atoms with E-state index in [4.69, 9.17) is 0 Å². The maximum Gasteiger partial charge on any atom is 0.348 e. The molecule has 6 nitrogen and oxygen atoms in total. The van der Waals surface area contributed by atoms with Crippen LogP contribution in [-0.4, -0.2) is 18.7 Å². The van der Waals surface area contributed by atoms with Gasteiger partial charge in [-0.15, -0.1) is 10.8 Å². The molecule has 0 saturated carbocycles. The Morgan fingerprint density at radius 2 is 1.93 bits per heavy atom. The molecule has 0 aliphatic heterocycles. The molecule has 28 heavy (non-hydrogen) atoms. The van der Waals surface area contributed by atoms with Gasteiger partial charge in [0, 0.05) is 23.7 Å². The zero-order chi connectivity index (χ0) is 20.5. The first-order valence-electron chi connectivity index (χ1n) is 8.68. The predicted molar refractivity (Wildman–Crippen MR) is 108 cm³/mol. The quantitative estimate of drug-likeness (QED) is 0.551. The van der Waals surface area contributed by atoms with E-state index >= 15 is 0 Å². The molecule has 0 bridgehead atoms. The summed E-state index contributed by atoms with van der Waals surface area (Å²) in [5, 5.41) is 0.640. The summed E-state index contributed by atoms with van der Waals surface area (Å²) in [7, 11) is -3.48. The molecule has 1 heterocycles. The fraction of sp³-hybridized carbons (Fsp3) is 0.263. The zero-order valence-electron chi connectivity index (χ0n) is 15.4. The van der Waals surface area contributed by atoms with Crippen molar-refractivity contribution in [2.24, 2.45) is 0 Å². The van der Waals surface area contributed by atoms with Crippen molar-refractivity contribution >= 4 is 27.4 Å². The van der Waals surface area contributed by atoms with Crippen LogP contribution in [0.2, 0.25) is 0 Å². The Hall–Kier alpha value is -2.49. The van der Waals surface area contributed by atoms with E-state index in [9.17, 15) is 22.7 Å². The van der Waals surface area contributed by atoms with Crippen molar-refractivity contribution in [1.29, 1.82) is 0 Å². The van der Waals surface area contributed by atoms with Crippen LogP contribution >= 0.6 is 10.8 Å². The summed E-state index contributed by atoms with van der Waals surface area (Å²) in [6.07, 6.45) is 2.18. The lowest BCUT2D eigenvalue weighted by Crippen LogP contribution is -2.22. The van der Waals surface area contributed by atoms with Gasteiger partial charge >= 0.3 is 5.69 Å². The van der Waals surface area contributed by atoms with Gasteiger partial charge in [-0.25, -0.2) is 18.6 Å². The average Bonchev–Trinajstić information content (AvgIpc) is 2.64. The molecule has 0 aliphatic carbocycles. The van der Waals surface area contributed by atoms with Gasteiger partial charge in [0.05, 0.1) is 17.0 Å². The Morgan fingerprint density at radius 1 is 1.18 bits per heavy atom. The summed E-state index contributed by atoms with van der Waals surface area (Å²) in [4.78, 5) is 15.7. The van der Waals surface area contributed by atoms with Gasteiger partial charge in [-0.1, -0.05) is 19.1 Å². The van der Waals surface area contributed by atoms with E-state index < -0.39 is 28.2 Å². The van der Waals surface area contributed by atoms with Crippen molar-refractivity contribution < 1.29 is 17.9 Å². The first-order chi connectivity index (χ1) is 13.2. The normalized spacial score (nSPS) is 12.4. The van der Waals surface area contributed by atoms with Crippen molar-refractivity contribution in [3.05, 3.63) is 69.8 Å². The van der Waals surface area contributed by atoms with E-state index in [2.05, 4.69) is 9.71 Å². The number of halogens is 2. The third-order valence-electron chi connectivity index (χ3n) is 4.30. The molecule has 1 aromatic heterocycles. The highest BCUT2D eigenvalue weighted by molar-refractivity contribution is 8.24. The van der Waals surface area contributed by atoms with Crippen LogP contribution in [0, 0.1) is 18.6 Å². The number of hydrogen-bond donors (Lipinski definition) is 3. The lowest BCUT2D eigenvalue weighted by atomic mass is 10.1. The van der Waals surface area contributed by atoms with Crippen molar-refractivity contribution in [1.82, 2.24) is 9.55 Å². The number of aromatic nitrogens is 2. The summed E-state index contributed by atoms with van der Waals surface area (Å²) in [6, 6.07) is 7.61. The molecule has 2 aromatic carbocycles. The second-order valence-electron chi connectivity index (χ2n) is 6.55. The molecule has 0 spiro atoms. The fourth-order valence-electron chi connectivity index (χ4n) is 2.94. The second-order valence-corrected chi connectivity index (χ2v) is 8.38. The SMILES string of the molecule is CCCn1c(=O)ncc2cc(NS(O)(O)Cc3ccc(C)c(F)c3F)ccc21. The van der Waals surface area contributed by atoms with Gasteiger partial charge in [0.15, 0.2) is 11.6 Å². The van der Waals surface area contributed by atoms with Crippen molar-refractivity contribution in [3.8, 4) is 0 Å². The number of rotatable bonds is 6. The maximum atomic E-state index is 14.0. The predicted octanol–water partition coefficient (Wildman–Crippen LogP) is 4.67. The molecule has 0 saturated heterocycles. The molecule has 3 rings (SSSR count). The van der Waals surface area contributed by atoms with Crippen LogP contribution in [0.25, 0.3) is 10.9 Å². The minimum atomic E-state index is -3.48. The van der Waals surface area contributed by atoms with Gasteiger partial charge in [0.1, 0.15) is 0 Å². The van der Waals surface area contributed by atoms with Crippen LogP contribution in [0.1, 0.15) is 24.5 Å². The Morgan fingerprint density at radius 3 is 2.64 bits per heavy atom. The maximum absolute atomic E-state index is 14.0. The summed E-state index contributed by atoms with van der Waals surface area (Å²) < 4.78 is 52.5. The molecule has 0 radical (unpaired) electrons. The number of benzene rings is 2. The largest absolute Gasteiger partial charge is 0.348 e. The van der Waals surface area contributed by atoms with E-state index in [1.54, 1.807) is 22.8 Å². The standard InChI is InChI=1S/C19H21F2N3O3S/c1-3-8-24-16-7-6-15(9-14(16)10-22-19(24)25)23-28(26,27)11-13-5-4-12(2)17(20)18(13)21/h4-7,9-10,23,26-27H,3,8,11H2,1-2H3. The highest BCUT2D eigenvalue weighted by Crippen LogP contribution is 2.43. The molecule has 3 aromatic rings. The highest BCUT2D eigenvalue weighted by atomic mass is 32.3. The van der Waals surface area contributed by atoms with Crippen molar-refractivity contribution in [2.45, 2.75) is 32.6 Å². The molecule has 9 heteroatoms. The number of nitrogens with zero attached hydrogens (tertiary/aromatic N) is 2. The van der Waals surface area contributed by atoms with Gasteiger partial charge in [-0.3, -0.25) is 18.4 Å². The van der Waals surface area contributed by atoms with Crippen LogP contribution in [0.4, 0.5) is 14.5 Å². The Labute approximate surface area is 162 Å². The van der Waals surface area contributed by atoms with E-state index in [-0.39, 0.29) is 16.8 Å². The van der Waals surface area contributed by atoms with Gasteiger partial charge in [0.2, 0.25) is 0 Å². The molecule has 0 atom stereocenters. The number of anilines is 1. The topological polar surface area (TPSA) is 87.4 Å². The van der Waals surface area contributed by atoms with Gasteiger partial charge < -0.3 is 0 Å². The van der Waals surface area contributed by atoms with Crippen LogP contribution in [0.15, 0.2) is 41.3 Å². The minimum absolute atomic E-state index is 0.130. The first-order valence-corrected chi connectivity index (χ1v) is 10.4. The van der Waals surface area contributed by atoms with Gasteiger partial charge in [-0.2, -0.15) is 0 Å². The van der Waals surface area contributed by atoms with Gasteiger partial charge in [-0.05, 0) is 37.1 Å². The Kier molecular flexibility index (Phi) is 5.69. The van der Waals surface area contributed by atoms with Crippen LogP contribution in [0.3, 0.4) is 0 Å². The zero-order valence-corrected chi connectivity index (χ0v) is 16.3. The molecule has 0 unspecified atom stereocenters. The average molecular weight is 409 g/mol. The first kappa shape index (κ1) is 20.2. The molecule has 0 fully saturated rings. The van der Waals surface area contributed by atoms with E-state index in [1.807, 2.05) is 6.92 Å². The number of hydrogen-bond acceptors (Lipinski definition) is 5. The highest BCUT2D eigenvalue weighted by Gasteiger charge is 2.19. The van der Waals surface area contributed by atoms with E-state index in [0.717, 1.165) is 6.42 Å². The summed E-state index contributed by atoms with van der Waals surface area (Å²) in [5.74, 6) is -2.58. The van der Waals surface area contributed by atoms with Crippen LogP contribution in [0.5, 0.6) is 0 Å².